The molecule has 0 unspecified atom stereocenters. The number of amides is 1. The Labute approximate surface area is 147 Å². The minimum absolute atomic E-state index is 0.0144. The van der Waals surface area contributed by atoms with Crippen LogP contribution >= 0.6 is 11.3 Å². The van der Waals surface area contributed by atoms with Gasteiger partial charge < -0.3 is 15.5 Å². The summed E-state index contributed by atoms with van der Waals surface area (Å²) in [6.07, 6.45) is 0.986. The first-order valence-corrected chi connectivity index (χ1v) is 8.75. The molecule has 0 atom stereocenters. The number of rotatable bonds is 6. The molecule has 1 aromatic carbocycles. The standard InChI is InChI=1S/C18H24N4OS/c1-19-18(20-11-10-16-5-4-12-24-16)21-13-14-6-8-15(9-7-14)17(23)22(2)3/h4-9,12H,10-11,13H2,1-3H3,(H2,19,20,21). The predicted octanol–water partition coefficient (Wildman–Crippen LogP) is 2.36. The fourth-order valence-corrected chi connectivity index (χ4v) is 2.90. The Hall–Kier alpha value is -2.34. The van der Waals surface area contributed by atoms with Gasteiger partial charge in [0.2, 0.25) is 0 Å². The van der Waals surface area contributed by atoms with Crippen LogP contribution in [0.15, 0.2) is 46.8 Å². The van der Waals surface area contributed by atoms with E-state index in [1.165, 1.54) is 4.88 Å². The van der Waals surface area contributed by atoms with Gasteiger partial charge in [-0.1, -0.05) is 18.2 Å². The molecule has 0 aliphatic carbocycles. The van der Waals surface area contributed by atoms with Gasteiger partial charge in [0, 0.05) is 44.7 Å². The zero-order valence-corrected chi connectivity index (χ0v) is 15.2. The van der Waals surface area contributed by atoms with Crippen molar-refractivity contribution in [2.75, 3.05) is 27.7 Å². The van der Waals surface area contributed by atoms with Crippen molar-refractivity contribution in [1.29, 1.82) is 0 Å². The Morgan fingerprint density at radius 3 is 2.50 bits per heavy atom. The number of nitrogens with one attached hydrogen (secondary N) is 2. The lowest BCUT2D eigenvalue weighted by Crippen LogP contribution is -2.37. The molecule has 0 fully saturated rings. The average molecular weight is 344 g/mol. The molecule has 0 saturated heterocycles. The van der Waals surface area contributed by atoms with Crippen molar-refractivity contribution in [1.82, 2.24) is 15.5 Å². The second-order valence-corrected chi connectivity index (χ2v) is 6.61. The molecule has 1 heterocycles. The highest BCUT2D eigenvalue weighted by Crippen LogP contribution is 2.08. The number of benzene rings is 1. The number of thiophene rings is 1. The highest BCUT2D eigenvalue weighted by Gasteiger charge is 2.07. The first-order valence-electron chi connectivity index (χ1n) is 7.87. The van der Waals surface area contributed by atoms with Crippen LogP contribution in [0.3, 0.4) is 0 Å². The molecule has 24 heavy (non-hydrogen) atoms. The molecule has 1 amide bonds. The summed E-state index contributed by atoms with van der Waals surface area (Å²) in [5, 5.41) is 8.68. The molecule has 0 aliphatic rings. The Morgan fingerprint density at radius 2 is 1.92 bits per heavy atom. The van der Waals surface area contributed by atoms with Crippen LogP contribution in [0.4, 0.5) is 0 Å². The summed E-state index contributed by atoms with van der Waals surface area (Å²) in [7, 11) is 5.27. The molecule has 128 valence electrons. The van der Waals surface area contributed by atoms with Gasteiger partial charge in [-0.2, -0.15) is 0 Å². The minimum atomic E-state index is 0.0144. The quantitative estimate of drug-likeness (QED) is 0.625. The first kappa shape index (κ1) is 18.0. The number of guanidine groups is 1. The molecule has 2 rings (SSSR count). The van der Waals surface area contributed by atoms with Gasteiger partial charge in [0.05, 0.1) is 0 Å². The fraction of sp³-hybridized carbons (Fsp3) is 0.333. The molecule has 0 radical (unpaired) electrons. The molecular weight excluding hydrogens is 320 g/mol. The lowest BCUT2D eigenvalue weighted by molar-refractivity contribution is 0.0827. The van der Waals surface area contributed by atoms with Gasteiger partial charge in [-0.05, 0) is 35.6 Å². The van der Waals surface area contributed by atoms with Gasteiger partial charge in [0.25, 0.3) is 5.91 Å². The summed E-state index contributed by atoms with van der Waals surface area (Å²) in [6, 6.07) is 11.8. The molecule has 2 aromatic rings. The molecule has 0 aliphatic heterocycles. The predicted molar refractivity (Wildman–Crippen MR) is 101 cm³/mol. The molecule has 6 heteroatoms. The number of carbonyl (C=O) groups is 1. The van der Waals surface area contributed by atoms with Gasteiger partial charge in [0.15, 0.2) is 5.96 Å². The van der Waals surface area contributed by atoms with Crippen molar-refractivity contribution >= 4 is 23.2 Å². The van der Waals surface area contributed by atoms with E-state index < -0.39 is 0 Å². The van der Waals surface area contributed by atoms with Crippen LogP contribution in [0.25, 0.3) is 0 Å². The van der Waals surface area contributed by atoms with Crippen LogP contribution < -0.4 is 10.6 Å². The molecule has 0 spiro atoms. The lowest BCUT2D eigenvalue weighted by Gasteiger charge is -2.13. The summed E-state index contributed by atoms with van der Waals surface area (Å²) >= 11 is 1.77. The maximum atomic E-state index is 11.9. The van der Waals surface area contributed by atoms with E-state index in [0.29, 0.717) is 12.1 Å². The maximum Gasteiger partial charge on any atom is 0.253 e. The van der Waals surface area contributed by atoms with E-state index >= 15 is 0 Å². The number of hydrogen-bond acceptors (Lipinski definition) is 3. The van der Waals surface area contributed by atoms with E-state index in [1.807, 2.05) is 24.3 Å². The highest BCUT2D eigenvalue weighted by molar-refractivity contribution is 7.09. The van der Waals surface area contributed by atoms with E-state index in [1.54, 1.807) is 37.4 Å². The summed E-state index contributed by atoms with van der Waals surface area (Å²) in [4.78, 5) is 19.0. The molecule has 1 aromatic heterocycles. The smallest absolute Gasteiger partial charge is 0.253 e. The summed E-state index contributed by atoms with van der Waals surface area (Å²) in [5.41, 5.74) is 1.80. The van der Waals surface area contributed by atoms with Crippen LogP contribution in [-0.2, 0) is 13.0 Å². The fourth-order valence-electron chi connectivity index (χ4n) is 2.19. The average Bonchev–Trinajstić information content (AvgIpc) is 3.11. The van der Waals surface area contributed by atoms with Crippen LogP contribution in [0.1, 0.15) is 20.8 Å². The van der Waals surface area contributed by atoms with Crippen molar-refractivity contribution < 1.29 is 4.79 Å². The zero-order chi connectivity index (χ0) is 17.4. The van der Waals surface area contributed by atoms with E-state index in [9.17, 15) is 4.79 Å². The molecule has 0 bridgehead atoms. The summed E-state index contributed by atoms with van der Waals surface area (Å²) < 4.78 is 0. The minimum Gasteiger partial charge on any atom is -0.356 e. The third-order valence-electron chi connectivity index (χ3n) is 3.53. The monoisotopic (exact) mass is 344 g/mol. The Kier molecular flexibility index (Phi) is 6.81. The number of aliphatic imine (C=N–C) groups is 1. The normalized spacial score (nSPS) is 11.2. The van der Waals surface area contributed by atoms with Gasteiger partial charge in [-0.3, -0.25) is 9.79 Å². The van der Waals surface area contributed by atoms with E-state index in [4.69, 9.17) is 0 Å². The first-order chi connectivity index (χ1) is 11.6. The van der Waals surface area contributed by atoms with E-state index in [0.717, 1.165) is 24.5 Å². The second-order valence-electron chi connectivity index (χ2n) is 5.58. The Bertz CT molecular complexity index is 663. The zero-order valence-electron chi connectivity index (χ0n) is 14.4. The summed E-state index contributed by atoms with van der Waals surface area (Å²) in [5.74, 6) is 0.792. The van der Waals surface area contributed by atoms with Crippen LogP contribution in [0, 0.1) is 0 Å². The van der Waals surface area contributed by atoms with Crippen molar-refractivity contribution in [3.8, 4) is 0 Å². The number of hydrogen-bond donors (Lipinski definition) is 2. The van der Waals surface area contributed by atoms with E-state index in [-0.39, 0.29) is 5.91 Å². The van der Waals surface area contributed by atoms with Gasteiger partial charge in [-0.25, -0.2) is 0 Å². The van der Waals surface area contributed by atoms with Gasteiger partial charge in [0.1, 0.15) is 0 Å². The van der Waals surface area contributed by atoms with Crippen molar-refractivity contribution in [2.45, 2.75) is 13.0 Å². The Morgan fingerprint density at radius 1 is 1.17 bits per heavy atom. The summed E-state index contributed by atoms with van der Waals surface area (Å²) in [6.45, 7) is 1.51. The molecule has 5 nitrogen and oxygen atoms in total. The topological polar surface area (TPSA) is 56.7 Å². The van der Waals surface area contributed by atoms with Gasteiger partial charge in [-0.15, -0.1) is 11.3 Å². The Balaban J connectivity index is 1.79. The molecule has 2 N–H and O–H groups in total. The van der Waals surface area contributed by atoms with Crippen LogP contribution in [-0.4, -0.2) is 44.5 Å². The maximum absolute atomic E-state index is 11.9. The van der Waals surface area contributed by atoms with Crippen molar-refractivity contribution in [3.63, 3.8) is 0 Å². The second kappa shape index (κ2) is 9.08. The van der Waals surface area contributed by atoms with Crippen molar-refractivity contribution in [3.05, 3.63) is 57.8 Å². The number of nitrogens with zero attached hydrogens (tertiary/aromatic N) is 2. The third kappa shape index (κ3) is 5.38. The van der Waals surface area contributed by atoms with Crippen LogP contribution in [0.5, 0.6) is 0 Å². The highest BCUT2D eigenvalue weighted by atomic mass is 32.1. The van der Waals surface area contributed by atoms with Crippen molar-refractivity contribution in [2.24, 2.45) is 4.99 Å². The lowest BCUT2D eigenvalue weighted by atomic mass is 10.1. The molecule has 0 saturated carbocycles. The number of carbonyl (C=O) groups excluding carboxylic acids is 1. The van der Waals surface area contributed by atoms with Gasteiger partial charge >= 0.3 is 0 Å². The van der Waals surface area contributed by atoms with Crippen LogP contribution in [0.2, 0.25) is 0 Å². The SMILES string of the molecule is CN=C(NCCc1cccs1)NCc1ccc(C(=O)N(C)C)cc1. The van der Waals surface area contributed by atoms with E-state index in [2.05, 4.69) is 33.1 Å². The largest absolute Gasteiger partial charge is 0.356 e. The molecular formula is C18H24N4OS. The third-order valence-corrected chi connectivity index (χ3v) is 4.47.